The van der Waals surface area contributed by atoms with Crippen molar-refractivity contribution >= 4 is 23.5 Å². The molecule has 1 saturated carbocycles. The van der Waals surface area contributed by atoms with Crippen LogP contribution in [0.25, 0.3) is 0 Å². The van der Waals surface area contributed by atoms with E-state index in [1.807, 2.05) is 0 Å². The monoisotopic (exact) mass is 311 g/mol. The van der Waals surface area contributed by atoms with Crippen molar-refractivity contribution in [1.29, 1.82) is 0 Å². The number of benzene rings is 1. The lowest BCUT2D eigenvalue weighted by atomic mass is 9.63. The van der Waals surface area contributed by atoms with Gasteiger partial charge in [-0.15, -0.1) is 0 Å². The van der Waals surface area contributed by atoms with Crippen molar-refractivity contribution in [1.82, 2.24) is 4.90 Å². The lowest BCUT2D eigenvalue weighted by molar-refractivity contribution is -0.157. The number of aliphatic carboxylic acids is 1. The normalized spacial score (nSPS) is 20.6. The first-order valence-electron chi connectivity index (χ1n) is 6.92. The molecule has 1 aliphatic heterocycles. The molecule has 0 aromatic heterocycles. The first-order valence-corrected chi connectivity index (χ1v) is 7.30. The molecule has 0 unspecified atom stereocenters. The SMILES string of the molecule is O=C(O)C1CN(C(=O)C2(c3cccc(Cl)c3F)CCC2)C1. The van der Waals surface area contributed by atoms with Gasteiger partial charge in [0.05, 0.1) is 16.4 Å². The van der Waals surface area contributed by atoms with Crippen LogP contribution in [0.2, 0.25) is 5.02 Å². The summed E-state index contributed by atoms with van der Waals surface area (Å²) in [6, 6.07) is 4.71. The maximum atomic E-state index is 14.3. The Morgan fingerprint density at radius 3 is 2.52 bits per heavy atom. The van der Waals surface area contributed by atoms with Crippen LogP contribution < -0.4 is 0 Å². The Morgan fingerprint density at radius 1 is 1.33 bits per heavy atom. The summed E-state index contributed by atoms with van der Waals surface area (Å²) < 4.78 is 14.3. The predicted octanol–water partition coefficient (Wildman–Crippen LogP) is 2.44. The van der Waals surface area contributed by atoms with Crippen molar-refractivity contribution in [3.63, 3.8) is 0 Å². The lowest BCUT2D eigenvalue weighted by Crippen LogP contribution is -2.60. The van der Waals surface area contributed by atoms with Crippen LogP contribution in [0.5, 0.6) is 0 Å². The fraction of sp³-hybridized carbons (Fsp3) is 0.467. The molecule has 4 nitrogen and oxygen atoms in total. The van der Waals surface area contributed by atoms with Crippen molar-refractivity contribution in [3.05, 3.63) is 34.6 Å². The molecular weight excluding hydrogens is 297 g/mol. The maximum absolute atomic E-state index is 14.3. The summed E-state index contributed by atoms with van der Waals surface area (Å²) in [6.45, 7) is 0.413. The summed E-state index contributed by atoms with van der Waals surface area (Å²) in [5.74, 6) is -2.11. The fourth-order valence-corrected chi connectivity index (χ4v) is 3.28. The van der Waals surface area contributed by atoms with Gasteiger partial charge in [-0.05, 0) is 18.9 Å². The van der Waals surface area contributed by atoms with Gasteiger partial charge in [0, 0.05) is 18.7 Å². The third kappa shape index (κ3) is 2.11. The van der Waals surface area contributed by atoms with E-state index in [-0.39, 0.29) is 24.0 Å². The number of nitrogens with zero attached hydrogens (tertiary/aromatic N) is 1. The maximum Gasteiger partial charge on any atom is 0.310 e. The van der Waals surface area contributed by atoms with E-state index in [9.17, 15) is 14.0 Å². The minimum Gasteiger partial charge on any atom is -0.481 e. The summed E-state index contributed by atoms with van der Waals surface area (Å²) in [6.07, 6.45) is 2.02. The average molecular weight is 312 g/mol. The molecule has 1 saturated heterocycles. The van der Waals surface area contributed by atoms with Gasteiger partial charge in [-0.25, -0.2) is 4.39 Å². The second-order valence-corrected chi connectivity index (χ2v) is 6.19. The van der Waals surface area contributed by atoms with E-state index >= 15 is 0 Å². The van der Waals surface area contributed by atoms with Gasteiger partial charge in [-0.3, -0.25) is 9.59 Å². The molecule has 1 aliphatic carbocycles. The van der Waals surface area contributed by atoms with Crippen molar-refractivity contribution in [3.8, 4) is 0 Å². The van der Waals surface area contributed by atoms with Crippen LogP contribution in [0.15, 0.2) is 18.2 Å². The third-order valence-corrected chi connectivity index (χ3v) is 4.89. The zero-order chi connectivity index (χ0) is 15.2. The van der Waals surface area contributed by atoms with Gasteiger partial charge in [0.15, 0.2) is 0 Å². The van der Waals surface area contributed by atoms with Crippen LogP contribution in [-0.4, -0.2) is 35.0 Å². The van der Waals surface area contributed by atoms with E-state index < -0.39 is 23.1 Å². The van der Waals surface area contributed by atoms with Gasteiger partial charge in [0.1, 0.15) is 5.82 Å². The molecule has 21 heavy (non-hydrogen) atoms. The Balaban J connectivity index is 1.86. The van der Waals surface area contributed by atoms with Crippen LogP contribution in [0.3, 0.4) is 0 Å². The zero-order valence-electron chi connectivity index (χ0n) is 11.3. The number of halogens is 2. The van der Waals surface area contributed by atoms with E-state index in [4.69, 9.17) is 16.7 Å². The number of carbonyl (C=O) groups excluding carboxylic acids is 1. The Hall–Kier alpha value is -1.62. The third-order valence-electron chi connectivity index (χ3n) is 4.60. The highest BCUT2D eigenvalue weighted by atomic mass is 35.5. The van der Waals surface area contributed by atoms with Gasteiger partial charge in [0.2, 0.25) is 5.91 Å². The van der Waals surface area contributed by atoms with E-state index in [0.717, 1.165) is 6.42 Å². The number of hydrogen-bond acceptors (Lipinski definition) is 2. The molecule has 0 spiro atoms. The number of likely N-dealkylation sites (tertiary alicyclic amines) is 1. The van der Waals surface area contributed by atoms with E-state index in [1.165, 1.54) is 11.0 Å². The second kappa shape index (κ2) is 4.98. The second-order valence-electron chi connectivity index (χ2n) is 5.78. The minimum absolute atomic E-state index is 0.0126. The average Bonchev–Trinajstić information content (AvgIpc) is 2.30. The number of carbonyl (C=O) groups is 2. The van der Waals surface area contributed by atoms with E-state index in [1.54, 1.807) is 12.1 Å². The summed E-state index contributed by atoms with van der Waals surface area (Å²) in [5, 5.41) is 8.90. The van der Waals surface area contributed by atoms with Crippen molar-refractivity contribution in [2.24, 2.45) is 5.92 Å². The molecule has 2 fully saturated rings. The number of carboxylic acid groups (broad SMARTS) is 1. The molecule has 1 N–H and O–H groups in total. The molecule has 3 rings (SSSR count). The van der Waals surface area contributed by atoms with Gasteiger partial charge in [0.25, 0.3) is 0 Å². The predicted molar refractivity (Wildman–Crippen MR) is 74.6 cm³/mol. The standard InChI is InChI=1S/C15H15ClFNO3/c16-11-4-1-3-10(12(11)17)15(5-2-6-15)14(21)18-7-9(8-18)13(19)20/h1,3-4,9H,2,5-8H2,(H,19,20). The Morgan fingerprint density at radius 2 is 2.00 bits per heavy atom. The Bertz CT molecular complexity index is 609. The lowest BCUT2D eigenvalue weighted by Gasteiger charge is -2.48. The first-order chi connectivity index (χ1) is 9.95. The Kier molecular flexibility index (Phi) is 3.40. The number of rotatable bonds is 3. The number of hydrogen-bond donors (Lipinski definition) is 1. The van der Waals surface area contributed by atoms with Crippen LogP contribution in [0.1, 0.15) is 24.8 Å². The van der Waals surface area contributed by atoms with Crippen molar-refractivity contribution < 1.29 is 19.1 Å². The highest BCUT2D eigenvalue weighted by Crippen LogP contribution is 2.47. The van der Waals surface area contributed by atoms with Crippen molar-refractivity contribution in [2.45, 2.75) is 24.7 Å². The molecule has 1 aromatic rings. The molecular formula is C15H15ClFNO3. The van der Waals surface area contributed by atoms with Gasteiger partial charge >= 0.3 is 5.97 Å². The smallest absolute Gasteiger partial charge is 0.310 e. The molecule has 2 aliphatic rings. The molecule has 0 radical (unpaired) electrons. The number of amides is 1. The van der Waals surface area contributed by atoms with Crippen LogP contribution in [0, 0.1) is 11.7 Å². The highest BCUT2D eigenvalue weighted by Gasteiger charge is 2.52. The first kappa shape index (κ1) is 14.3. The number of carboxylic acids is 1. The van der Waals surface area contributed by atoms with Crippen LogP contribution >= 0.6 is 11.6 Å². The van der Waals surface area contributed by atoms with Crippen LogP contribution in [0.4, 0.5) is 4.39 Å². The molecule has 1 aromatic carbocycles. The highest BCUT2D eigenvalue weighted by molar-refractivity contribution is 6.30. The Labute approximate surface area is 126 Å². The topological polar surface area (TPSA) is 57.6 Å². The summed E-state index contributed by atoms with van der Waals surface area (Å²) in [7, 11) is 0. The quantitative estimate of drug-likeness (QED) is 0.933. The fourth-order valence-electron chi connectivity index (χ4n) is 3.11. The van der Waals surface area contributed by atoms with Gasteiger partial charge in [-0.2, -0.15) is 0 Å². The summed E-state index contributed by atoms with van der Waals surface area (Å²) in [4.78, 5) is 25.0. The summed E-state index contributed by atoms with van der Waals surface area (Å²) >= 11 is 5.82. The van der Waals surface area contributed by atoms with E-state index in [2.05, 4.69) is 0 Å². The molecule has 112 valence electrons. The molecule has 1 amide bonds. The summed E-state index contributed by atoms with van der Waals surface area (Å²) in [5.41, 5.74) is -0.525. The largest absolute Gasteiger partial charge is 0.481 e. The molecule has 0 atom stereocenters. The van der Waals surface area contributed by atoms with Crippen LogP contribution in [-0.2, 0) is 15.0 Å². The van der Waals surface area contributed by atoms with E-state index in [0.29, 0.717) is 18.4 Å². The minimum atomic E-state index is -0.893. The van der Waals surface area contributed by atoms with Crippen molar-refractivity contribution in [2.75, 3.05) is 13.1 Å². The molecule has 1 heterocycles. The molecule has 0 bridgehead atoms. The van der Waals surface area contributed by atoms with Gasteiger partial charge < -0.3 is 10.0 Å². The molecule has 6 heteroatoms. The zero-order valence-corrected chi connectivity index (χ0v) is 12.1. The van der Waals surface area contributed by atoms with Gasteiger partial charge in [-0.1, -0.05) is 30.2 Å².